The number of fused-ring (bicyclic) bond motifs is 10. The van der Waals surface area contributed by atoms with Crippen LogP contribution in [0.2, 0.25) is 0 Å². The number of hydrogen-bond donors (Lipinski definition) is 1. The summed E-state index contributed by atoms with van der Waals surface area (Å²) in [4.78, 5) is 13.4. The first-order chi connectivity index (χ1) is 17.3. The molecule has 0 amide bonds. The van der Waals surface area contributed by atoms with Crippen LogP contribution in [0.4, 0.5) is 10.3 Å². The maximum absolute atomic E-state index is 13.5. The molecule has 0 saturated heterocycles. The third-order valence-electron chi connectivity index (χ3n) is 8.13. The molecule has 6 nitrogen and oxygen atoms in total. The van der Waals surface area contributed by atoms with Gasteiger partial charge in [-0.05, 0) is 43.0 Å². The Balaban J connectivity index is 1.51. The molecule has 0 spiro atoms. The monoisotopic (exact) mass is 500 g/mol. The number of anilines is 1. The maximum Gasteiger partial charge on any atom is 0.225 e. The summed E-state index contributed by atoms with van der Waals surface area (Å²) < 4.78 is 15.7. The summed E-state index contributed by atoms with van der Waals surface area (Å²) in [6.07, 6.45) is 8.33. The molecule has 1 aromatic carbocycles. The fraction of sp³-hybridized carbons (Fsp3) is 0.321. The van der Waals surface area contributed by atoms with E-state index in [2.05, 4.69) is 75.6 Å². The van der Waals surface area contributed by atoms with E-state index in [1.807, 2.05) is 6.20 Å². The number of nitrogens with zero attached hydrogens (tertiary/aromatic N) is 5. The largest absolute Gasteiger partial charge is 0.363 e. The number of aromatic nitrogens is 5. The Morgan fingerprint density at radius 1 is 1.17 bits per heavy atom. The molecule has 36 heavy (non-hydrogen) atoms. The van der Waals surface area contributed by atoms with E-state index in [-0.39, 0.29) is 0 Å². The van der Waals surface area contributed by atoms with Crippen LogP contribution in [0, 0.1) is 5.82 Å². The van der Waals surface area contributed by atoms with Gasteiger partial charge in [-0.15, -0.1) is 11.6 Å². The Morgan fingerprint density at radius 3 is 2.75 bits per heavy atom. The molecule has 3 aliphatic rings. The zero-order chi connectivity index (χ0) is 24.8. The van der Waals surface area contributed by atoms with Crippen molar-refractivity contribution in [3.63, 3.8) is 0 Å². The number of alkyl halides is 1. The van der Waals surface area contributed by atoms with Gasteiger partial charge in [0.2, 0.25) is 5.95 Å². The maximum atomic E-state index is 13.5. The summed E-state index contributed by atoms with van der Waals surface area (Å²) in [6.45, 7) is 7.87. The predicted octanol–water partition coefficient (Wildman–Crippen LogP) is 5.43. The van der Waals surface area contributed by atoms with Gasteiger partial charge in [0.15, 0.2) is 5.82 Å². The molecular formula is C28H26ClFN6. The zero-order valence-electron chi connectivity index (χ0n) is 20.4. The van der Waals surface area contributed by atoms with Crippen LogP contribution < -0.4 is 4.90 Å². The van der Waals surface area contributed by atoms with Gasteiger partial charge in [0.05, 0.1) is 34.9 Å². The number of aromatic amines is 1. The lowest BCUT2D eigenvalue weighted by Crippen LogP contribution is -2.41. The first-order valence-electron chi connectivity index (χ1n) is 12.4. The van der Waals surface area contributed by atoms with Gasteiger partial charge in [-0.2, -0.15) is 5.10 Å². The highest BCUT2D eigenvalue weighted by Crippen LogP contribution is 2.58. The van der Waals surface area contributed by atoms with E-state index in [1.165, 1.54) is 40.2 Å². The smallest absolute Gasteiger partial charge is 0.225 e. The van der Waals surface area contributed by atoms with Gasteiger partial charge in [0.25, 0.3) is 0 Å². The molecule has 3 aromatic heterocycles. The Kier molecular flexibility index (Phi) is 4.42. The highest BCUT2D eigenvalue weighted by atomic mass is 35.5. The molecule has 7 rings (SSSR count). The molecule has 0 saturated carbocycles. The van der Waals surface area contributed by atoms with Crippen LogP contribution in [0.15, 0.2) is 48.9 Å². The van der Waals surface area contributed by atoms with Crippen LogP contribution in [0.25, 0.3) is 11.3 Å². The summed E-state index contributed by atoms with van der Waals surface area (Å²) in [5, 5.41) is 5.23. The summed E-state index contributed by atoms with van der Waals surface area (Å²) >= 11 is 7.14. The summed E-state index contributed by atoms with van der Waals surface area (Å²) in [7, 11) is 0. The van der Waals surface area contributed by atoms with Crippen molar-refractivity contribution in [1.82, 2.24) is 24.7 Å². The molecule has 4 aromatic rings. The third kappa shape index (κ3) is 2.75. The number of para-hydroxylation sites is 1. The summed E-state index contributed by atoms with van der Waals surface area (Å²) in [5.41, 5.74) is 9.97. The molecule has 0 bridgehead atoms. The van der Waals surface area contributed by atoms with Gasteiger partial charge in [0.1, 0.15) is 4.87 Å². The van der Waals surface area contributed by atoms with Crippen molar-refractivity contribution in [3.05, 3.63) is 94.1 Å². The minimum atomic E-state index is -0.649. The Hall–Kier alpha value is -3.45. The third-order valence-corrected chi connectivity index (χ3v) is 8.43. The van der Waals surface area contributed by atoms with Gasteiger partial charge < -0.3 is 9.88 Å². The quantitative estimate of drug-likeness (QED) is 0.373. The summed E-state index contributed by atoms with van der Waals surface area (Å²) in [5.74, 6) is 0.101. The van der Waals surface area contributed by atoms with Crippen LogP contribution in [0.5, 0.6) is 0 Å². The minimum Gasteiger partial charge on any atom is -0.363 e. The highest BCUT2D eigenvalue weighted by molar-refractivity contribution is 6.26. The number of halogens is 2. The van der Waals surface area contributed by atoms with Gasteiger partial charge in [-0.1, -0.05) is 31.2 Å². The molecule has 2 aliphatic heterocycles. The molecule has 2 unspecified atom stereocenters. The van der Waals surface area contributed by atoms with Crippen molar-refractivity contribution in [2.24, 2.45) is 0 Å². The Labute approximate surface area is 213 Å². The van der Waals surface area contributed by atoms with Gasteiger partial charge >= 0.3 is 0 Å². The number of hydrogen-bond acceptors (Lipinski definition) is 4. The standard InChI is InChI=1S/C28H26ClFN6/c1-4-16-6-5-7-18-21-12-27(2,29)24-20(8-10-31-24)28(21,3)25-19-15-35(26-32-13-17(30)14-33-26)11-9-22(19)34-36(25)23(16)18/h5-8,10,12-14,31H,4,9,11,15H2,1-3H3. The van der Waals surface area contributed by atoms with E-state index < -0.39 is 16.1 Å². The fourth-order valence-corrected chi connectivity index (χ4v) is 6.72. The van der Waals surface area contributed by atoms with Crippen LogP contribution in [0.1, 0.15) is 60.1 Å². The molecule has 1 aliphatic carbocycles. The van der Waals surface area contributed by atoms with Gasteiger partial charge in [0, 0.05) is 42.5 Å². The van der Waals surface area contributed by atoms with E-state index in [0.717, 1.165) is 42.2 Å². The van der Waals surface area contributed by atoms with Crippen LogP contribution in [-0.2, 0) is 29.7 Å². The van der Waals surface area contributed by atoms with E-state index in [4.69, 9.17) is 16.7 Å². The summed E-state index contributed by atoms with van der Waals surface area (Å²) in [6, 6.07) is 8.69. The zero-order valence-corrected chi connectivity index (χ0v) is 21.2. The predicted molar refractivity (Wildman–Crippen MR) is 138 cm³/mol. The number of H-pyrrole nitrogens is 1. The minimum absolute atomic E-state index is 0.434. The Bertz CT molecular complexity index is 1560. The van der Waals surface area contributed by atoms with Crippen LogP contribution >= 0.6 is 11.6 Å². The number of rotatable bonds is 2. The average molecular weight is 501 g/mol. The van der Waals surface area contributed by atoms with Crippen molar-refractivity contribution in [2.45, 2.75) is 50.4 Å². The van der Waals surface area contributed by atoms with E-state index in [0.29, 0.717) is 12.5 Å². The highest BCUT2D eigenvalue weighted by Gasteiger charge is 2.51. The van der Waals surface area contributed by atoms with Gasteiger partial charge in [-0.3, -0.25) is 0 Å². The fourth-order valence-electron chi connectivity index (χ4n) is 6.46. The first-order valence-corrected chi connectivity index (χ1v) is 12.8. The lowest BCUT2D eigenvalue weighted by molar-refractivity contribution is 0.596. The van der Waals surface area contributed by atoms with E-state index in [9.17, 15) is 4.39 Å². The Morgan fingerprint density at radius 2 is 1.97 bits per heavy atom. The number of benzene rings is 1. The number of aryl methyl sites for hydroxylation is 1. The number of nitrogens with one attached hydrogen (secondary N) is 1. The SMILES string of the molecule is CCc1cccc2c1-n1nc3c(c1C1(C)C2=CC(C)(Cl)c2[nH]ccc21)CN(c1ncc(F)cn1)CC3. The lowest BCUT2D eigenvalue weighted by Gasteiger charge is -2.45. The molecule has 0 fully saturated rings. The molecule has 1 N–H and O–H groups in total. The average Bonchev–Trinajstić information content (AvgIpc) is 3.52. The van der Waals surface area contributed by atoms with Crippen LogP contribution in [0.3, 0.4) is 0 Å². The second-order valence-electron chi connectivity index (χ2n) is 10.3. The van der Waals surface area contributed by atoms with Crippen molar-refractivity contribution >= 4 is 23.1 Å². The molecule has 0 radical (unpaired) electrons. The topological polar surface area (TPSA) is 62.6 Å². The second-order valence-corrected chi connectivity index (χ2v) is 11.0. The second kappa shape index (κ2) is 7.29. The first kappa shape index (κ1) is 21.8. The normalized spacial score (nSPS) is 23.8. The van der Waals surface area contributed by atoms with Crippen LogP contribution in [-0.4, -0.2) is 31.3 Å². The van der Waals surface area contributed by atoms with E-state index in [1.54, 1.807) is 0 Å². The molecule has 2 atom stereocenters. The van der Waals surface area contributed by atoms with Gasteiger partial charge in [-0.25, -0.2) is 19.0 Å². The van der Waals surface area contributed by atoms with Crippen molar-refractivity contribution < 1.29 is 4.39 Å². The van der Waals surface area contributed by atoms with Crippen molar-refractivity contribution in [3.8, 4) is 5.69 Å². The van der Waals surface area contributed by atoms with Crippen molar-refractivity contribution in [2.75, 3.05) is 11.4 Å². The molecule has 182 valence electrons. The molecule has 8 heteroatoms. The van der Waals surface area contributed by atoms with E-state index >= 15 is 0 Å². The lowest BCUT2D eigenvalue weighted by atomic mass is 9.63. The van der Waals surface area contributed by atoms with Crippen molar-refractivity contribution in [1.29, 1.82) is 0 Å². The molecular weight excluding hydrogens is 475 g/mol. The number of allylic oxidation sites excluding steroid dienone is 2. The molecule has 5 heterocycles.